The lowest BCUT2D eigenvalue weighted by atomic mass is 10.1. The van der Waals surface area contributed by atoms with E-state index in [4.69, 9.17) is 9.47 Å². The van der Waals surface area contributed by atoms with Crippen LogP contribution in [0.2, 0.25) is 0 Å². The molecule has 1 N–H and O–H groups in total. The number of carbonyl (C=O) groups is 2. The van der Waals surface area contributed by atoms with E-state index in [0.717, 1.165) is 51.4 Å². The van der Waals surface area contributed by atoms with E-state index in [1.54, 1.807) is 0 Å². The molecule has 0 aromatic carbocycles. The molecule has 304 valence electrons. The molecule has 0 radical (unpaired) electrons. The zero-order chi connectivity index (χ0) is 37.8. The van der Waals surface area contributed by atoms with Gasteiger partial charge in [0, 0.05) is 12.8 Å². The minimum absolute atomic E-state index is 0.0684. The van der Waals surface area contributed by atoms with Crippen LogP contribution in [0.25, 0.3) is 0 Å². The Hall–Kier alpha value is -1.88. The first kappa shape index (κ1) is 50.1. The van der Waals surface area contributed by atoms with E-state index in [9.17, 15) is 14.7 Å². The second-order valence-electron chi connectivity index (χ2n) is 15.1. The number of aliphatic hydroxyl groups is 1. The molecule has 5 nitrogen and oxygen atoms in total. The Morgan fingerprint density at radius 2 is 0.769 bits per heavy atom. The van der Waals surface area contributed by atoms with E-state index in [0.29, 0.717) is 12.8 Å². The summed E-state index contributed by atoms with van der Waals surface area (Å²) in [4.78, 5) is 24.3. The lowest BCUT2D eigenvalue weighted by Gasteiger charge is -2.15. The number of hydrogen-bond acceptors (Lipinski definition) is 5. The van der Waals surface area contributed by atoms with E-state index in [2.05, 4.69) is 50.3 Å². The Morgan fingerprint density at radius 3 is 1.19 bits per heavy atom. The predicted octanol–water partition coefficient (Wildman–Crippen LogP) is 14.4. The molecule has 1 unspecified atom stereocenters. The summed E-state index contributed by atoms with van der Waals surface area (Å²) in [6, 6.07) is 0. The summed E-state index contributed by atoms with van der Waals surface area (Å²) in [6.45, 7) is 4.12. The number of carbonyl (C=O) groups excluding carboxylic acids is 2. The van der Waals surface area contributed by atoms with Crippen molar-refractivity contribution in [3.63, 3.8) is 0 Å². The highest BCUT2D eigenvalue weighted by Crippen LogP contribution is 2.14. The quantitative estimate of drug-likeness (QED) is 0.0385. The second-order valence-corrected chi connectivity index (χ2v) is 15.1. The molecule has 0 aliphatic heterocycles. The summed E-state index contributed by atoms with van der Waals surface area (Å²) < 4.78 is 10.6. The first-order valence-corrected chi connectivity index (χ1v) is 22.5. The number of rotatable bonds is 41. The first-order valence-electron chi connectivity index (χ1n) is 22.5. The summed E-state index contributed by atoms with van der Waals surface area (Å²) in [5.74, 6) is -0.596. The van der Waals surface area contributed by atoms with Crippen LogP contribution in [0, 0.1) is 0 Å². The lowest BCUT2D eigenvalue weighted by molar-refractivity contribution is -0.161. The van der Waals surface area contributed by atoms with Gasteiger partial charge in [0.15, 0.2) is 6.10 Å². The normalized spacial score (nSPS) is 12.4. The summed E-state index contributed by atoms with van der Waals surface area (Å²) in [5, 5.41) is 9.59. The molecular weight excluding hydrogens is 645 g/mol. The maximum atomic E-state index is 12.2. The Kier molecular flexibility index (Phi) is 42.0. The van der Waals surface area contributed by atoms with Crippen molar-refractivity contribution >= 4 is 11.9 Å². The van der Waals surface area contributed by atoms with E-state index in [1.807, 2.05) is 0 Å². The zero-order valence-electron chi connectivity index (χ0n) is 34.6. The minimum atomic E-state index is -0.775. The van der Waals surface area contributed by atoms with Gasteiger partial charge < -0.3 is 14.6 Å². The van der Waals surface area contributed by atoms with Crippen LogP contribution >= 0.6 is 0 Å². The average Bonchev–Trinajstić information content (AvgIpc) is 3.15. The third-order valence-corrected chi connectivity index (χ3v) is 9.91. The topological polar surface area (TPSA) is 72.8 Å². The number of allylic oxidation sites excluding steroid dienone is 6. The summed E-state index contributed by atoms with van der Waals surface area (Å²) in [5.41, 5.74) is 0. The number of esters is 2. The van der Waals surface area contributed by atoms with Crippen molar-refractivity contribution < 1.29 is 24.2 Å². The number of hydrogen-bond donors (Lipinski definition) is 1. The third kappa shape index (κ3) is 40.9. The van der Waals surface area contributed by atoms with Crippen LogP contribution in [-0.2, 0) is 19.1 Å². The van der Waals surface area contributed by atoms with Gasteiger partial charge in [-0.2, -0.15) is 0 Å². The Labute approximate surface area is 323 Å². The van der Waals surface area contributed by atoms with E-state index >= 15 is 0 Å². The van der Waals surface area contributed by atoms with Crippen LogP contribution in [0.1, 0.15) is 232 Å². The Balaban J connectivity index is 3.52. The maximum absolute atomic E-state index is 12.2. The molecule has 0 spiro atoms. The fourth-order valence-corrected chi connectivity index (χ4v) is 6.46. The van der Waals surface area contributed by atoms with Gasteiger partial charge in [0.2, 0.25) is 0 Å². The highest BCUT2D eigenvalue weighted by Gasteiger charge is 2.16. The van der Waals surface area contributed by atoms with Gasteiger partial charge in [0.25, 0.3) is 0 Å². The van der Waals surface area contributed by atoms with Crippen LogP contribution in [0.4, 0.5) is 0 Å². The number of ether oxygens (including phenoxy) is 2. The van der Waals surface area contributed by atoms with Crippen LogP contribution in [-0.4, -0.2) is 36.4 Å². The standard InChI is InChI=1S/C47H86O5/c1-3-5-7-9-11-13-15-17-19-21-22-23-24-26-27-29-31-33-35-37-39-41-46(49)51-44-45(43-48)52-47(50)42-40-38-36-34-32-30-28-25-20-18-16-14-12-10-8-6-4-2/h12,14,18,20-22,45,48H,3-11,13,15-17,19,23-44H2,1-2H3/b14-12-,20-18-,22-21-. The van der Waals surface area contributed by atoms with Gasteiger partial charge in [-0.3, -0.25) is 9.59 Å². The molecule has 5 heteroatoms. The molecule has 0 saturated heterocycles. The maximum Gasteiger partial charge on any atom is 0.306 e. The van der Waals surface area contributed by atoms with Crippen LogP contribution in [0.3, 0.4) is 0 Å². The molecule has 0 heterocycles. The summed E-state index contributed by atoms with van der Waals surface area (Å²) >= 11 is 0. The SMILES string of the molecule is CCCCC/C=C\C/C=C\CCCCCCCCCC(=O)OC(CO)COC(=O)CCCCCCCCCCC/C=C\CCCCCCCCCC. The number of aliphatic hydroxyl groups excluding tert-OH is 1. The molecule has 0 fully saturated rings. The fraction of sp³-hybridized carbons (Fsp3) is 0.830. The molecule has 0 aromatic rings. The highest BCUT2D eigenvalue weighted by molar-refractivity contribution is 5.70. The van der Waals surface area contributed by atoms with Crippen molar-refractivity contribution in [2.75, 3.05) is 13.2 Å². The fourth-order valence-electron chi connectivity index (χ4n) is 6.46. The van der Waals surface area contributed by atoms with Crippen molar-refractivity contribution in [2.45, 2.75) is 238 Å². The average molecular weight is 731 g/mol. The van der Waals surface area contributed by atoms with Crippen molar-refractivity contribution in [1.82, 2.24) is 0 Å². The first-order chi connectivity index (χ1) is 25.6. The van der Waals surface area contributed by atoms with Crippen molar-refractivity contribution in [3.05, 3.63) is 36.5 Å². The third-order valence-electron chi connectivity index (χ3n) is 9.91. The zero-order valence-corrected chi connectivity index (χ0v) is 34.6. The van der Waals surface area contributed by atoms with E-state index < -0.39 is 6.10 Å². The molecule has 0 aromatic heterocycles. The van der Waals surface area contributed by atoms with Gasteiger partial charge in [-0.1, -0.05) is 185 Å². The van der Waals surface area contributed by atoms with Crippen molar-refractivity contribution in [2.24, 2.45) is 0 Å². The summed E-state index contributed by atoms with van der Waals surface area (Å²) in [7, 11) is 0. The van der Waals surface area contributed by atoms with Crippen LogP contribution in [0.15, 0.2) is 36.5 Å². The smallest absolute Gasteiger partial charge is 0.306 e. The van der Waals surface area contributed by atoms with Gasteiger partial charge in [-0.15, -0.1) is 0 Å². The largest absolute Gasteiger partial charge is 0.462 e. The molecule has 52 heavy (non-hydrogen) atoms. The van der Waals surface area contributed by atoms with Gasteiger partial charge >= 0.3 is 11.9 Å². The molecule has 0 saturated carbocycles. The Bertz CT molecular complexity index is 832. The van der Waals surface area contributed by atoms with Gasteiger partial charge in [-0.25, -0.2) is 0 Å². The van der Waals surface area contributed by atoms with Gasteiger partial charge in [0.05, 0.1) is 6.61 Å². The Morgan fingerprint density at radius 1 is 0.442 bits per heavy atom. The number of unbranched alkanes of at least 4 members (excludes halogenated alkanes) is 27. The molecule has 1 atom stereocenters. The molecule has 0 amide bonds. The lowest BCUT2D eigenvalue weighted by Crippen LogP contribution is -2.28. The molecule has 0 aliphatic rings. The molecule has 0 aliphatic carbocycles. The minimum Gasteiger partial charge on any atom is -0.462 e. The van der Waals surface area contributed by atoms with Gasteiger partial charge in [-0.05, 0) is 70.6 Å². The highest BCUT2D eigenvalue weighted by atomic mass is 16.6. The molecule has 0 rings (SSSR count). The monoisotopic (exact) mass is 731 g/mol. The van der Waals surface area contributed by atoms with E-state index in [1.165, 1.54) is 154 Å². The predicted molar refractivity (Wildman–Crippen MR) is 224 cm³/mol. The second kappa shape index (κ2) is 43.5. The van der Waals surface area contributed by atoms with Crippen LogP contribution in [0.5, 0.6) is 0 Å². The van der Waals surface area contributed by atoms with Gasteiger partial charge in [0.1, 0.15) is 6.61 Å². The van der Waals surface area contributed by atoms with E-state index in [-0.39, 0.29) is 25.2 Å². The molecular formula is C47H86O5. The molecule has 0 bridgehead atoms. The summed E-state index contributed by atoms with van der Waals surface area (Å²) in [6.07, 6.45) is 53.6. The van der Waals surface area contributed by atoms with Crippen molar-refractivity contribution in [3.8, 4) is 0 Å². The van der Waals surface area contributed by atoms with Crippen molar-refractivity contribution in [1.29, 1.82) is 0 Å². The van der Waals surface area contributed by atoms with Crippen LogP contribution < -0.4 is 0 Å².